The molecule has 1 N–H and O–H groups in total. The molecule has 0 aromatic heterocycles. The number of rotatable bonds is 11. The first kappa shape index (κ1) is 22.0. The van der Waals surface area contributed by atoms with Crippen LogP contribution in [0.2, 0.25) is 0 Å². The minimum Gasteiger partial charge on any atom is -0.488 e. The van der Waals surface area contributed by atoms with Gasteiger partial charge in [-0.3, -0.25) is 14.4 Å². The molecule has 0 aliphatic heterocycles. The van der Waals surface area contributed by atoms with Gasteiger partial charge in [0, 0.05) is 6.54 Å². The fourth-order valence-electron chi connectivity index (χ4n) is 1.78. The Labute approximate surface area is 161 Å². The summed E-state index contributed by atoms with van der Waals surface area (Å²) in [5.74, 6) is 0.648. The third-order valence-corrected chi connectivity index (χ3v) is 5.88. The topological polar surface area (TPSA) is 81.7 Å². The van der Waals surface area contributed by atoms with Crippen molar-refractivity contribution >= 4 is 50.9 Å². The van der Waals surface area contributed by atoms with Crippen LogP contribution in [0.15, 0.2) is 9.59 Å². The standard InChI is InChI=1S/C16H23NO5S3/c1-4-6-9-24-16(23)25-10(3)15(20)22-8-7-17-11-12(18)13(19)14(11)21-5-2/h10,17H,4-9H2,1-3H3. The van der Waals surface area contributed by atoms with Gasteiger partial charge in [-0.05, 0) is 26.0 Å². The van der Waals surface area contributed by atoms with Gasteiger partial charge in [-0.25, -0.2) is 0 Å². The van der Waals surface area contributed by atoms with Crippen LogP contribution in [0.3, 0.4) is 0 Å². The number of unbranched alkanes of at least 4 members (excludes halogenated alkanes) is 1. The highest BCUT2D eigenvalue weighted by Crippen LogP contribution is 2.23. The molecule has 0 heterocycles. The Morgan fingerprint density at radius 1 is 1.28 bits per heavy atom. The first-order valence-corrected chi connectivity index (χ1v) is 10.4. The number of anilines is 1. The van der Waals surface area contributed by atoms with Crippen molar-refractivity contribution in [2.75, 3.05) is 30.8 Å². The van der Waals surface area contributed by atoms with Gasteiger partial charge in [0.15, 0.2) is 5.75 Å². The van der Waals surface area contributed by atoms with Crippen LogP contribution in [-0.4, -0.2) is 40.3 Å². The summed E-state index contributed by atoms with van der Waals surface area (Å²) in [6.07, 6.45) is 2.21. The SMILES string of the molecule is CCCCSC(=S)SC(C)C(=O)OCCNc1c(OCC)c(=O)c1=O. The van der Waals surface area contributed by atoms with E-state index < -0.39 is 10.9 Å². The monoisotopic (exact) mass is 405 g/mol. The molecule has 25 heavy (non-hydrogen) atoms. The molecule has 6 nitrogen and oxygen atoms in total. The summed E-state index contributed by atoms with van der Waals surface area (Å²) in [4.78, 5) is 34.7. The van der Waals surface area contributed by atoms with Gasteiger partial charge in [-0.15, -0.1) is 11.8 Å². The molecule has 0 aliphatic rings. The molecule has 0 saturated carbocycles. The molecule has 0 saturated heterocycles. The highest BCUT2D eigenvalue weighted by atomic mass is 32.2. The number of esters is 1. The maximum Gasteiger partial charge on any atom is 0.319 e. The molecule has 0 amide bonds. The summed E-state index contributed by atoms with van der Waals surface area (Å²) in [6.45, 7) is 6.21. The highest BCUT2D eigenvalue weighted by molar-refractivity contribution is 8.47. The van der Waals surface area contributed by atoms with E-state index in [9.17, 15) is 14.4 Å². The molecule has 1 aromatic carbocycles. The number of thioether (sulfide) groups is 2. The zero-order valence-electron chi connectivity index (χ0n) is 14.6. The van der Waals surface area contributed by atoms with Gasteiger partial charge < -0.3 is 14.8 Å². The number of carbonyl (C=O) groups is 1. The van der Waals surface area contributed by atoms with Crippen molar-refractivity contribution < 1.29 is 14.3 Å². The minimum absolute atomic E-state index is 0.0530. The average Bonchev–Trinajstić information content (AvgIpc) is 2.59. The van der Waals surface area contributed by atoms with E-state index in [0.29, 0.717) is 6.61 Å². The maximum absolute atomic E-state index is 11.9. The number of hydrogen-bond donors (Lipinski definition) is 1. The molecule has 9 heteroatoms. The van der Waals surface area contributed by atoms with E-state index in [-0.39, 0.29) is 35.8 Å². The molecule has 0 spiro atoms. The van der Waals surface area contributed by atoms with E-state index in [1.165, 1.54) is 11.8 Å². The van der Waals surface area contributed by atoms with E-state index in [1.54, 1.807) is 25.6 Å². The zero-order valence-corrected chi connectivity index (χ0v) is 17.0. The lowest BCUT2D eigenvalue weighted by Crippen LogP contribution is -2.36. The summed E-state index contributed by atoms with van der Waals surface area (Å²) in [5.41, 5.74) is -1.08. The van der Waals surface area contributed by atoms with Crippen molar-refractivity contribution in [2.24, 2.45) is 0 Å². The Morgan fingerprint density at radius 2 is 2.00 bits per heavy atom. The lowest BCUT2D eigenvalue weighted by atomic mass is 10.2. The van der Waals surface area contributed by atoms with Crippen LogP contribution >= 0.6 is 35.7 Å². The smallest absolute Gasteiger partial charge is 0.319 e. The summed E-state index contributed by atoms with van der Waals surface area (Å²) >= 11 is 8.13. The quantitative estimate of drug-likeness (QED) is 0.258. The Morgan fingerprint density at radius 3 is 2.64 bits per heavy atom. The first-order valence-electron chi connectivity index (χ1n) is 8.12. The number of ether oxygens (including phenoxy) is 2. The fourth-order valence-corrected chi connectivity index (χ4v) is 4.48. The molecule has 1 aromatic rings. The average molecular weight is 406 g/mol. The molecule has 0 fully saturated rings. The van der Waals surface area contributed by atoms with Crippen LogP contribution in [0.4, 0.5) is 5.69 Å². The third-order valence-electron chi connectivity index (χ3n) is 3.13. The number of hydrogen-bond acceptors (Lipinski definition) is 9. The second-order valence-corrected chi connectivity index (χ2v) is 8.74. The first-order chi connectivity index (χ1) is 11.9. The van der Waals surface area contributed by atoms with Gasteiger partial charge in [-0.1, -0.05) is 37.3 Å². The van der Waals surface area contributed by atoms with Crippen LogP contribution in [0.5, 0.6) is 5.75 Å². The van der Waals surface area contributed by atoms with Crippen molar-refractivity contribution in [2.45, 2.75) is 38.9 Å². The number of carbonyl (C=O) groups excluding carboxylic acids is 1. The van der Waals surface area contributed by atoms with Gasteiger partial charge in [-0.2, -0.15) is 0 Å². The summed E-state index contributed by atoms with van der Waals surface area (Å²) in [6, 6.07) is 0. The minimum atomic E-state index is -0.625. The second-order valence-electron chi connectivity index (χ2n) is 5.10. The normalized spacial score (nSPS) is 12.0. The fraction of sp³-hybridized carbons (Fsp3) is 0.625. The molecule has 0 radical (unpaired) electrons. The van der Waals surface area contributed by atoms with Crippen LogP contribution in [0.1, 0.15) is 33.6 Å². The molecular formula is C16H23NO5S3. The largest absolute Gasteiger partial charge is 0.488 e. The zero-order chi connectivity index (χ0) is 18.8. The molecule has 1 unspecified atom stereocenters. The predicted octanol–water partition coefficient (Wildman–Crippen LogP) is 2.58. The maximum atomic E-state index is 11.9. The Balaban J connectivity index is 2.28. The lowest BCUT2D eigenvalue weighted by molar-refractivity contribution is -0.142. The summed E-state index contributed by atoms with van der Waals surface area (Å²) in [7, 11) is 0. The summed E-state index contributed by atoms with van der Waals surface area (Å²) < 4.78 is 11.0. The van der Waals surface area contributed by atoms with E-state index in [2.05, 4.69) is 12.2 Å². The van der Waals surface area contributed by atoms with Crippen molar-refractivity contribution in [1.82, 2.24) is 0 Å². The van der Waals surface area contributed by atoms with E-state index in [0.717, 1.165) is 22.1 Å². The molecule has 0 aliphatic carbocycles. The molecule has 140 valence electrons. The van der Waals surface area contributed by atoms with E-state index in [1.807, 2.05) is 0 Å². The Bertz CT molecular complexity index is 654. The van der Waals surface area contributed by atoms with Crippen molar-refractivity contribution in [3.8, 4) is 5.75 Å². The highest BCUT2D eigenvalue weighted by Gasteiger charge is 2.22. The molecule has 0 bridgehead atoms. The molecule has 1 atom stereocenters. The molecule has 1 rings (SSSR count). The van der Waals surface area contributed by atoms with Crippen LogP contribution in [0.25, 0.3) is 0 Å². The third kappa shape index (κ3) is 6.99. The van der Waals surface area contributed by atoms with Gasteiger partial charge in [0.2, 0.25) is 0 Å². The molecular weight excluding hydrogens is 382 g/mol. The van der Waals surface area contributed by atoms with Crippen molar-refractivity contribution in [3.05, 3.63) is 20.4 Å². The Kier molecular flexibility index (Phi) is 10.1. The lowest BCUT2D eigenvalue weighted by Gasteiger charge is -2.14. The van der Waals surface area contributed by atoms with E-state index >= 15 is 0 Å². The van der Waals surface area contributed by atoms with Gasteiger partial charge >= 0.3 is 5.97 Å². The van der Waals surface area contributed by atoms with Gasteiger partial charge in [0.05, 0.1) is 6.61 Å². The number of nitrogens with one attached hydrogen (secondary N) is 1. The van der Waals surface area contributed by atoms with Gasteiger partial charge in [0.25, 0.3) is 10.9 Å². The van der Waals surface area contributed by atoms with E-state index in [4.69, 9.17) is 21.7 Å². The van der Waals surface area contributed by atoms with Gasteiger partial charge in [0.1, 0.15) is 21.1 Å². The number of thiocarbonyl (C=S) groups is 1. The second kappa shape index (κ2) is 11.5. The van der Waals surface area contributed by atoms with Crippen molar-refractivity contribution in [1.29, 1.82) is 0 Å². The van der Waals surface area contributed by atoms with Crippen LogP contribution in [0, 0.1) is 0 Å². The predicted molar refractivity (Wildman–Crippen MR) is 109 cm³/mol. The van der Waals surface area contributed by atoms with Crippen LogP contribution in [-0.2, 0) is 9.53 Å². The Hall–Kier alpha value is -1.06. The van der Waals surface area contributed by atoms with Crippen LogP contribution < -0.4 is 20.9 Å². The van der Waals surface area contributed by atoms with Crippen molar-refractivity contribution in [3.63, 3.8) is 0 Å². The summed E-state index contributed by atoms with van der Waals surface area (Å²) in [5, 5.41) is 2.39.